The van der Waals surface area contributed by atoms with Crippen molar-refractivity contribution in [1.82, 2.24) is 24.6 Å². The first-order chi connectivity index (χ1) is 15.9. The van der Waals surface area contributed by atoms with E-state index in [9.17, 15) is 18.8 Å². The molecule has 0 unspecified atom stereocenters. The summed E-state index contributed by atoms with van der Waals surface area (Å²) < 4.78 is 16.0. The van der Waals surface area contributed by atoms with Crippen molar-refractivity contribution in [3.05, 3.63) is 122 Å². The van der Waals surface area contributed by atoms with Gasteiger partial charge in [0.05, 0.1) is 12.2 Å². The van der Waals surface area contributed by atoms with Crippen LogP contribution in [0, 0.1) is 12.7 Å². The highest BCUT2D eigenvalue weighted by Crippen LogP contribution is 2.11. The normalized spacial score (nSPS) is 10.7. The first-order valence-corrected chi connectivity index (χ1v) is 10.2. The number of carbonyl (C=O) groups is 1. The minimum atomic E-state index is -0.833. The number of pyridine rings is 1. The highest BCUT2D eigenvalue weighted by atomic mass is 19.1. The second-order valence-electron chi connectivity index (χ2n) is 7.39. The first kappa shape index (κ1) is 21.8. The Labute approximate surface area is 188 Å². The third-order valence-corrected chi connectivity index (χ3v) is 5.06. The van der Waals surface area contributed by atoms with Crippen LogP contribution in [0.5, 0.6) is 0 Å². The maximum atomic E-state index is 14.2. The van der Waals surface area contributed by atoms with E-state index in [0.29, 0.717) is 11.1 Å². The molecule has 4 rings (SSSR count). The SMILES string of the molecule is Cc1ccc(-n2nc(C(=O)NCc3ccncc3)c(=O)n(Cc3ccccc3)c2=O)cc1F. The number of hydrogen-bond donors (Lipinski definition) is 1. The molecule has 2 heterocycles. The molecule has 2 aromatic carbocycles. The monoisotopic (exact) mass is 445 g/mol. The number of hydrogen-bond acceptors (Lipinski definition) is 5. The van der Waals surface area contributed by atoms with Crippen molar-refractivity contribution in [3.8, 4) is 5.69 Å². The van der Waals surface area contributed by atoms with Crippen LogP contribution in [0.3, 0.4) is 0 Å². The maximum absolute atomic E-state index is 14.2. The molecule has 0 atom stereocenters. The molecule has 0 radical (unpaired) electrons. The summed E-state index contributed by atoms with van der Waals surface area (Å²) >= 11 is 0. The molecular formula is C24H20FN5O3. The summed E-state index contributed by atoms with van der Waals surface area (Å²) in [7, 11) is 0. The van der Waals surface area contributed by atoms with Crippen LogP contribution in [-0.2, 0) is 13.1 Å². The van der Waals surface area contributed by atoms with E-state index in [0.717, 1.165) is 20.9 Å². The average Bonchev–Trinajstić information content (AvgIpc) is 2.83. The lowest BCUT2D eigenvalue weighted by Gasteiger charge is -2.13. The van der Waals surface area contributed by atoms with Gasteiger partial charge in [-0.15, -0.1) is 0 Å². The molecule has 33 heavy (non-hydrogen) atoms. The van der Waals surface area contributed by atoms with Gasteiger partial charge in [0.25, 0.3) is 11.5 Å². The fraction of sp³-hybridized carbons (Fsp3) is 0.125. The van der Waals surface area contributed by atoms with Gasteiger partial charge in [0.15, 0.2) is 0 Å². The molecule has 2 aromatic heterocycles. The maximum Gasteiger partial charge on any atom is 0.352 e. The number of nitrogens with zero attached hydrogens (tertiary/aromatic N) is 4. The minimum absolute atomic E-state index is 0.0694. The molecule has 1 amide bonds. The topological polar surface area (TPSA) is 98.9 Å². The molecule has 4 aromatic rings. The summed E-state index contributed by atoms with van der Waals surface area (Å²) in [5.74, 6) is -1.29. The Morgan fingerprint density at radius 2 is 1.73 bits per heavy atom. The van der Waals surface area contributed by atoms with Gasteiger partial charge in [0.2, 0.25) is 5.69 Å². The van der Waals surface area contributed by atoms with Gasteiger partial charge in [-0.1, -0.05) is 36.4 Å². The Hall–Kier alpha value is -4.40. The summed E-state index contributed by atoms with van der Waals surface area (Å²) in [6, 6.07) is 16.4. The molecule has 0 saturated heterocycles. The van der Waals surface area contributed by atoms with Crippen LogP contribution in [0.4, 0.5) is 4.39 Å². The highest BCUT2D eigenvalue weighted by molar-refractivity contribution is 5.91. The third kappa shape index (κ3) is 4.77. The highest BCUT2D eigenvalue weighted by Gasteiger charge is 2.21. The molecule has 9 heteroatoms. The van der Waals surface area contributed by atoms with E-state index >= 15 is 0 Å². The second-order valence-corrected chi connectivity index (χ2v) is 7.39. The van der Waals surface area contributed by atoms with E-state index in [-0.39, 0.29) is 18.8 Å². The number of aryl methyl sites for hydroxylation is 1. The molecular weight excluding hydrogens is 425 g/mol. The van der Waals surface area contributed by atoms with E-state index in [2.05, 4.69) is 15.4 Å². The zero-order chi connectivity index (χ0) is 23.4. The lowest BCUT2D eigenvalue weighted by Crippen LogP contribution is -2.46. The van der Waals surface area contributed by atoms with Crippen LogP contribution in [0.15, 0.2) is 82.6 Å². The predicted molar refractivity (Wildman–Crippen MR) is 120 cm³/mol. The summed E-state index contributed by atoms with van der Waals surface area (Å²) in [6.07, 6.45) is 3.16. The summed E-state index contributed by atoms with van der Waals surface area (Å²) in [4.78, 5) is 43.0. The second kappa shape index (κ2) is 9.39. The zero-order valence-corrected chi connectivity index (χ0v) is 17.7. The largest absolute Gasteiger partial charge is 0.352 e. The lowest BCUT2D eigenvalue weighted by molar-refractivity contribution is 0.0941. The number of halogens is 1. The van der Waals surface area contributed by atoms with Gasteiger partial charge in [-0.05, 0) is 41.8 Å². The Balaban J connectivity index is 1.80. The van der Waals surface area contributed by atoms with Crippen LogP contribution < -0.4 is 16.6 Å². The molecule has 166 valence electrons. The molecule has 0 aliphatic carbocycles. The molecule has 0 aliphatic heterocycles. The molecule has 8 nitrogen and oxygen atoms in total. The van der Waals surface area contributed by atoms with E-state index in [1.54, 1.807) is 55.7 Å². The van der Waals surface area contributed by atoms with Crippen LogP contribution in [-0.4, -0.2) is 25.2 Å². The molecule has 1 N–H and O–H groups in total. The van der Waals surface area contributed by atoms with Gasteiger partial charge in [-0.2, -0.15) is 9.78 Å². The van der Waals surface area contributed by atoms with Crippen molar-refractivity contribution in [2.45, 2.75) is 20.0 Å². The van der Waals surface area contributed by atoms with E-state index < -0.39 is 28.7 Å². The predicted octanol–water partition coefficient (Wildman–Crippen LogP) is 2.22. The Morgan fingerprint density at radius 1 is 1.00 bits per heavy atom. The Kier molecular flexibility index (Phi) is 6.21. The number of nitrogens with one attached hydrogen (secondary N) is 1. The molecule has 0 fully saturated rings. The molecule has 0 saturated carbocycles. The summed E-state index contributed by atoms with van der Waals surface area (Å²) in [5.41, 5.74) is -0.129. The lowest BCUT2D eigenvalue weighted by atomic mass is 10.2. The van der Waals surface area contributed by atoms with Crippen LogP contribution in [0.25, 0.3) is 5.69 Å². The number of rotatable bonds is 6. The van der Waals surface area contributed by atoms with Crippen molar-refractivity contribution in [1.29, 1.82) is 0 Å². The van der Waals surface area contributed by atoms with Gasteiger partial charge in [0, 0.05) is 25.0 Å². The van der Waals surface area contributed by atoms with Crippen molar-refractivity contribution < 1.29 is 9.18 Å². The Morgan fingerprint density at radius 3 is 2.42 bits per heavy atom. The van der Waals surface area contributed by atoms with Crippen molar-refractivity contribution in [3.63, 3.8) is 0 Å². The third-order valence-electron chi connectivity index (χ3n) is 5.06. The van der Waals surface area contributed by atoms with Crippen molar-refractivity contribution in [2.75, 3.05) is 0 Å². The molecule has 0 aliphatic rings. The van der Waals surface area contributed by atoms with Gasteiger partial charge >= 0.3 is 5.69 Å². The smallest absolute Gasteiger partial charge is 0.346 e. The van der Waals surface area contributed by atoms with Gasteiger partial charge < -0.3 is 5.32 Å². The average molecular weight is 445 g/mol. The number of carbonyl (C=O) groups excluding carboxylic acids is 1. The van der Waals surface area contributed by atoms with Gasteiger partial charge in [-0.3, -0.25) is 19.1 Å². The number of aromatic nitrogens is 4. The quantitative estimate of drug-likeness (QED) is 0.491. The molecule has 0 spiro atoms. The van der Waals surface area contributed by atoms with Gasteiger partial charge in [0.1, 0.15) is 5.82 Å². The first-order valence-electron chi connectivity index (χ1n) is 10.2. The Bertz CT molecular complexity index is 1420. The fourth-order valence-electron chi connectivity index (χ4n) is 3.21. The van der Waals surface area contributed by atoms with Crippen LogP contribution in [0.1, 0.15) is 27.2 Å². The fourth-order valence-corrected chi connectivity index (χ4v) is 3.21. The number of amides is 1. The van der Waals surface area contributed by atoms with Crippen LogP contribution >= 0.6 is 0 Å². The number of benzene rings is 2. The zero-order valence-electron chi connectivity index (χ0n) is 17.7. The van der Waals surface area contributed by atoms with Crippen molar-refractivity contribution >= 4 is 5.91 Å². The van der Waals surface area contributed by atoms with Crippen LogP contribution in [0.2, 0.25) is 0 Å². The van der Waals surface area contributed by atoms with E-state index in [4.69, 9.17) is 0 Å². The van der Waals surface area contributed by atoms with Crippen molar-refractivity contribution in [2.24, 2.45) is 0 Å². The standard InChI is InChI=1S/C24H20FN5O3/c1-16-7-8-19(13-20(16)25)30-24(33)29(15-18-5-3-2-4-6-18)23(32)21(28-30)22(31)27-14-17-9-11-26-12-10-17/h2-13H,14-15H2,1H3,(H,27,31). The summed E-state index contributed by atoms with van der Waals surface area (Å²) in [6.45, 7) is 1.66. The summed E-state index contributed by atoms with van der Waals surface area (Å²) in [5, 5.41) is 6.64. The molecule has 0 bridgehead atoms. The van der Waals surface area contributed by atoms with Gasteiger partial charge in [-0.25, -0.2) is 9.18 Å². The van der Waals surface area contributed by atoms with E-state index in [1.165, 1.54) is 12.1 Å². The minimum Gasteiger partial charge on any atom is -0.346 e. The van der Waals surface area contributed by atoms with E-state index in [1.807, 2.05) is 6.07 Å².